The van der Waals surface area contributed by atoms with Crippen molar-refractivity contribution in [3.05, 3.63) is 86.3 Å². The average molecular weight is 699 g/mol. The quantitative estimate of drug-likeness (QED) is 0.230. The Morgan fingerprint density at radius 3 is 2.24 bits per heavy atom. The first-order valence-electron chi connectivity index (χ1n) is 13.2. The summed E-state index contributed by atoms with van der Waals surface area (Å²) < 4.78 is 34.9. The van der Waals surface area contributed by atoms with Crippen molar-refractivity contribution in [2.24, 2.45) is 0 Å². The van der Waals surface area contributed by atoms with Gasteiger partial charge in [-0.3, -0.25) is 13.9 Å². The number of ether oxygens (including phenoxy) is 1. The van der Waals surface area contributed by atoms with Crippen LogP contribution in [0.25, 0.3) is 0 Å². The van der Waals surface area contributed by atoms with Gasteiger partial charge in [0, 0.05) is 22.6 Å². The van der Waals surface area contributed by atoms with Gasteiger partial charge in [-0.05, 0) is 91.1 Å². The molecule has 0 saturated carbocycles. The number of sulfonamides is 1. The number of benzene rings is 3. The number of nitrogens with zero attached hydrogens (tertiary/aromatic N) is 2. The second kappa shape index (κ2) is 14.6. The molecule has 42 heavy (non-hydrogen) atoms. The largest absolute Gasteiger partial charge is 0.496 e. The van der Waals surface area contributed by atoms with Gasteiger partial charge in [0.05, 0.1) is 22.2 Å². The standard InChI is InChI=1S/C30H34BrCl2N3O5S/c1-6-27(30(38)34-19(2)3)35(17-21-9-10-22(32)15-26(21)33)29(37)18-36(23-11-7-20(4)8-12-23)42(39,40)24-13-14-28(41-5)25(31)16-24/h7-16,19,27H,6,17-18H2,1-5H3,(H,34,38). The van der Waals surface area contributed by atoms with Crippen molar-refractivity contribution in [2.45, 2.75) is 57.6 Å². The molecular weight excluding hydrogens is 665 g/mol. The molecule has 12 heteroatoms. The number of rotatable bonds is 12. The van der Waals surface area contributed by atoms with Gasteiger partial charge >= 0.3 is 0 Å². The van der Waals surface area contributed by atoms with Crippen LogP contribution in [-0.4, -0.2) is 50.9 Å². The number of hydrogen-bond donors (Lipinski definition) is 1. The fraction of sp³-hybridized carbons (Fsp3) is 0.333. The third-order valence-electron chi connectivity index (χ3n) is 6.48. The molecule has 0 fully saturated rings. The maximum atomic E-state index is 14.2. The number of halogens is 3. The Hall–Kier alpha value is -2.79. The first-order chi connectivity index (χ1) is 19.8. The molecule has 3 aromatic carbocycles. The summed E-state index contributed by atoms with van der Waals surface area (Å²) in [5, 5.41) is 3.62. The van der Waals surface area contributed by atoms with Gasteiger partial charge in [-0.25, -0.2) is 8.42 Å². The van der Waals surface area contributed by atoms with Gasteiger partial charge in [-0.1, -0.05) is 53.9 Å². The van der Waals surface area contributed by atoms with Crippen molar-refractivity contribution in [2.75, 3.05) is 18.0 Å². The van der Waals surface area contributed by atoms with Crippen LogP contribution in [0.5, 0.6) is 5.75 Å². The van der Waals surface area contributed by atoms with Gasteiger partial charge in [0.1, 0.15) is 18.3 Å². The lowest BCUT2D eigenvalue weighted by Gasteiger charge is -2.33. The number of methoxy groups -OCH3 is 1. The summed E-state index contributed by atoms with van der Waals surface area (Å²) in [6.07, 6.45) is 0.290. The Morgan fingerprint density at radius 1 is 1.02 bits per heavy atom. The van der Waals surface area contributed by atoms with Crippen LogP contribution in [0, 0.1) is 6.92 Å². The van der Waals surface area contributed by atoms with Gasteiger partial charge in [0.2, 0.25) is 11.8 Å². The molecule has 0 radical (unpaired) electrons. The summed E-state index contributed by atoms with van der Waals surface area (Å²) in [5.74, 6) is -0.474. The molecule has 0 aliphatic rings. The number of anilines is 1. The van der Waals surface area contributed by atoms with Gasteiger partial charge in [0.15, 0.2) is 0 Å². The lowest BCUT2D eigenvalue weighted by molar-refractivity contribution is -0.140. The molecule has 1 unspecified atom stereocenters. The van der Waals surface area contributed by atoms with Crippen LogP contribution < -0.4 is 14.4 Å². The first kappa shape index (κ1) is 33.7. The molecule has 8 nitrogen and oxygen atoms in total. The highest BCUT2D eigenvalue weighted by Crippen LogP contribution is 2.31. The molecule has 1 atom stereocenters. The van der Waals surface area contributed by atoms with Crippen LogP contribution in [0.15, 0.2) is 70.0 Å². The number of amides is 2. The molecule has 0 aliphatic heterocycles. The summed E-state index contributed by atoms with van der Waals surface area (Å²) in [6.45, 7) is 6.72. The van der Waals surface area contributed by atoms with Crippen LogP contribution in [-0.2, 0) is 26.2 Å². The first-order valence-corrected chi connectivity index (χ1v) is 16.2. The van der Waals surface area contributed by atoms with Gasteiger partial charge in [0.25, 0.3) is 10.0 Å². The molecule has 0 heterocycles. The van der Waals surface area contributed by atoms with Crippen LogP contribution in [0.1, 0.15) is 38.3 Å². The molecule has 0 bridgehead atoms. The molecule has 0 aromatic heterocycles. The van der Waals surface area contributed by atoms with Gasteiger partial charge in [-0.15, -0.1) is 0 Å². The van der Waals surface area contributed by atoms with E-state index in [9.17, 15) is 18.0 Å². The zero-order chi connectivity index (χ0) is 31.2. The summed E-state index contributed by atoms with van der Waals surface area (Å²) in [4.78, 5) is 28.7. The normalized spacial score (nSPS) is 12.1. The van der Waals surface area contributed by atoms with E-state index in [1.807, 2.05) is 20.8 Å². The Labute approximate surface area is 266 Å². The van der Waals surface area contributed by atoms with E-state index in [-0.39, 0.29) is 29.8 Å². The highest BCUT2D eigenvalue weighted by Gasteiger charge is 2.34. The second-order valence-corrected chi connectivity index (χ2v) is 13.5. The third-order valence-corrected chi connectivity index (χ3v) is 9.46. The second-order valence-electron chi connectivity index (χ2n) is 9.99. The number of carbonyl (C=O) groups excluding carboxylic acids is 2. The van der Waals surface area contributed by atoms with E-state index in [0.29, 0.717) is 31.5 Å². The lowest BCUT2D eigenvalue weighted by atomic mass is 10.1. The Balaban J connectivity index is 2.10. The molecule has 226 valence electrons. The smallest absolute Gasteiger partial charge is 0.264 e. The van der Waals surface area contributed by atoms with E-state index in [4.69, 9.17) is 27.9 Å². The molecule has 0 saturated heterocycles. The maximum absolute atomic E-state index is 14.2. The predicted octanol–water partition coefficient (Wildman–Crippen LogP) is 6.60. The van der Waals surface area contributed by atoms with Crippen molar-refractivity contribution < 1.29 is 22.7 Å². The van der Waals surface area contributed by atoms with Gasteiger partial charge < -0.3 is 15.0 Å². The average Bonchev–Trinajstić information content (AvgIpc) is 2.92. The molecule has 2 amide bonds. The third kappa shape index (κ3) is 8.18. The predicted molar refractivity (Wildman–Crippen MR) is 171 cm³/mol. The Morgan fingerprint density at radius 2 is 1.69 bits per heavy atom. The number of hydrogen-bond acceptors (Lipinski definition) is 5. The Bertz CT molecular complexity index is 1530. The zero-order valence-corrected chi connectivity index (χ0v) is 27.9. The van der Waals surface area contributed by atoms with Crippen molar-refractivity contribution in [1.82, 2.24) is 10.2 Å². The Kier molecular flexibility index (Phi) is 11.7. The van der Waals surface area contributed by atoms with E-state index >= 15 is 0 Å². The van der Waals surface area contributed by atoms with E-state index < -0.39 is 28.5 Å². The minimum atomic E-state index is -4.25. The molecule has 0 aliphatic carbocycles. The molecule has 1 N–H and O–H groups in total. The monoisotopic (exact) mass is 697 g/mol. The fourth-order valence-electron chi connectivity index (χ4n) is 4.31. The number of carbonyl (C=O) groups is 2. The molecule has 3 aromatic rings. The highest BCUT2D eigenvalue weighted by atomic mass is 79.9. The van der Waals surface area contributed by atoms with Crippen molar-refractivity contribution in [3.8, 4) is 5.75 Å². The van der Waals surface area contributed by atoms with E-state index in [2.05, 4.69) is 21.2 Å². The minimum Gasteiger partial charge on any atom is -0.496 e. The topological polar surface area (TPSA) is 96.0 Å². The van der Waals surface area contributed by atoms with Gasteiger partial charge in [-0.2, -0.15) is 0 Å². The van der Waals surface area contributed by atoms with E-state index in [1.165, 1.54) is 30.2 Å². The molecular formula is C30H34BrCl2N3O5S. The van der Waals surface area contributed by atoms with Crippen LogP contribution in [0.3, 0.4) is 0 Å². The van der Waals surface area contributed by atoms with Crippen LogP contribution in [0.2, 0.25) is 10.0 Å². The van der Waals surface area contributed by atoms with Crippen molar-refractivity contribution in [1.29, 1.82) is 0 Å². The molecule has 0 spiro atoms. The SMILES string of the molecule is CCC(C(=O)NC(C)C)N(Cc1ccc(Cl)cc1Cl)C(=O)CN(c1ccc(C)cc1)S(=O)(=O)c1ccc(OC)c(Br)c1. The summed E-state index contributed by atoms with van der Waals surface area (Å²) in [5.41, 5.74) is 1.78. The van der Waals surface area contributed by atoms with Crippen LogP contribution >= 0.6 is 39.1 Å². The van der Waals surface area contributed by atoms with E-state index in [0.717, 1.165) is 9.87 Å². The number of aryl methyl sites for hydroxylation is 1. The maximum Gasteiger partial charge on any atom is 0.264 e. The van der Waals surface area contributed by atoms with E-state index in [1.54, 1.807) is 49.4 Å². The summed E-state index contributed by atoms with van der Waals surface area (Å²) in [6, 6.07) is 15.0. The fourth-order valence-corrected chi connectivity index (χ4v) is 6.91. The highest BCUT2D eigenvalue weighted by molar-refractivity contribution is 9.10. The summed E-state index contributed by atoms with van der Waals surface area (Å²) in [7, 11) is -2.77. The van der Waals surface area contributed by atoms with Crippen molar-refractivity contribution in [3.63, 3.8) is 0 Å². The van der Waals surface area contributed by atoms with Crippen LogP contribution in [0.4, 0.5) is 5.69 Å². The molecule has 3 rings (SSSR count). The minimum absolute atomic E-state index is 0.0330. The summed E-state index contributed by atoms with van der Waals surface area (Å²) >= 11 is 15.9. The lowest BCUT2D eigenvalue weighted by Crippen LogP contribution is -2.53. The zero-order valence-electron chi connectivity index (χ0n) is 24.0. The van der Waals surface area contributed by atoms with Crippen molar-refractivity contribution >= 4 is 66.7 Å². The number of nitrogens with one attached hydrogen (secondary N) is 1.